The number of nitrogens with zero attached hydrogens (tertiary/aromatic N) is 1. The third-order valence-electron chi connectivity index (χ3n) is 1.99. The number of rotatable bonds is 1. The third kappa shape index (κ3) is 1.99. The van der Waals surface area contributed by atoms with Crippen molar-refractivity contribution in [3.05, 3.63) is 46.1 Å². The van der Waals surface area contributed by atoms with Crippen molar-refractivity contribution < 1.29 is 9.53 Å². The zero-order chi connectivity index (χ0) is 10.8. The monoisotopic (exact) mass is 265 g/mol. The largest absolute Gasteiger partial charge is 0.402 e. The summed E-state index contributed by atoms with van der Waals surface area (Å²) in [4.78, 5) is 15.3. The van der Waals surface area contributed by atoms with E-state index in [9.17, 15) is 4.79 Å². The summed E-state index contributed by atoms with van der Waals surface area (Å²) in [6.45, 7) is 1.75. The van der Waals surface area contributed by atoms with E-state index in [1.165, 1.54) is 0 Å². The molecule has 4 heteroatoms. The van der Waals surface area contributed by atoms with Gasteiger partial charge in [0.05, 0.1) is 0 Å². The Balaban J connectivity index is 2.34. The molecule has 0 N–H and O–H groups in total. The highest BCUT2D eigenvalue weighted by molar-refractivity contribution is 9.10. The van der Waals surface area contributed by atoms with Crippen LogP contribution in [0, 0.1) is 0 Å². The summed E-state index contributed by atoms with van der Waals surface area (Å²) in [5.41, 5.74) is 1.15. The van der Waals surface area contributed by atoms with Gasteiger partial charge in [0.25, 0.3) is 0 Å². The van der Waals surface area contributed by atoms with Gasteiger partial charge < -0.3 is 4.74 Å². The molecule has 1 aromatic rings. The fraction of sp³-hybridized carbons (Fsp3) is 0.0909. The average molecular weight is 266 g/mol. The maximum Gasteiger partial charge on any atom is 0.363 e. The van der Waals surface area contributed by atoms with Gasteiger partial charge in [0.2, 0.25) is 5.90 Å². The topological polar surface area (TPSA) is 38.7 Å². The fourth-order valence-corrected chi connectivity index (χ4v) is 1.48. The highest BCUT2D eigenvalue weighted by Crippen LogP contribution is 2.17. The van der Waals surface area contributed by atoms with Crippen molar-refractivity contribution in [2.75, 3.05) is 0 Å². The number of hydrogen-bond acceptors (Lipinski definition) is 3. The number of hydrogen-bond donors (Lipinski definition) is 0. The van der Waals surface area contributed by atoms with Gasteiger partial charge in [0, 0.05) is 10.0 Å². The maximum absolute atomic E-state index is 11.2. The van der Waals surface area contributed by atoms with Gasteiger partial charge in [-0.15, -0.1) is 0 Å². The molecule has 2 rings (SSSR count). The number of ether oxygens (including phenoxy) is 1. The van der Waals surface area contributed by atoms with Crippen LogP contribution in [0.2, 0.25) is 0 Å². The van der Waals surface area contributed by atoms with Crippen molar-refractivity contribution in [2.45, 2.75) is 6.92 Å². The normalized spacial score (nSPS) is 17.9. The summed E-state index contributed by atoms with van der Waals surface area (Å²) in [5, 5.41) is 0. The second-order valence-corrected chi connectivity index (χ2v) is 3.90. The Morgan fingerprint density at radius 3 is 2.53 bits per heavy atom. The minimum Gasteiger partial charge on any atom is -0.402 e. The van der Waals surface area contributed by atoms with Crippen LogP contribution in [-0.4, -0.2) is 11.9 Å². The number of cyclic esters (lactones) is 1. The number of allylic oxidation sites excluding steroid dienone is 1. The third-order valence-corrected chi connectivity index (χ3v) is 2.51. The smallest absolute Gasteiger partial charge is 0.363 e. The molecule has 0 fully saturated rings. The molecular formula is C11H8BrNO2. The summed E-state index contributed by atoms with van der Waals surface area (Å²) in [6, 6.07) is 7.43. The first-order valence-corrected chi connectivity index (χ1v) is 5.23. The minimum absolute atomic E-state index is 0.355. The van der Waals surface area contributed by atoms with E-state index in [1.54, 1.807) is 13.0 Å². The molecule has 3 nitrogen and oxygen atoms in total. The van der Waals surface area contributed by atoms with Crippen LogP contribution in [0.1, 0.15) is 12.5 Å². The minimum atomic E-state index is -0.393. The van der Waals surface area contributed by atoms with Gasteiger partial charge in [-0.1, -0.05) is 22.0 Å². The number of benzene rings is 1. The zero-order valence-corrected chi connectivity index (χ0v) is 9.61. The molecule has 0 saturated carbocycles. The Morgan fingerprint density at radius 1 is 1.33 bits per heavy atom. The molecule has 76 valence electrons. The number of carbonyl (C=O) groups is 1. The molecule has 0 spiro atoms. The first-order valence-electron chi connectivity index (χ1n) is 4.44. The number of esters is 1. The molecule has 0 saturated heterocycles. The summed E-state index contributed by atoms with van der Waals surface area (Å²) in [6.07, 6.45) is 1.63. The van der Waals surface area contributed by atoms with Crippen LogP contribution in [0.25, 0.3) is 0 Å². The van der Waals surface area contributed by atoms with Crippen LogP contribution in [-0.2, 0) is 9.53 Å². The molecule has 0 amide bonds. The number of aliphatic imine (C=N–C) groups is 1. The second kappa shape index (κ2) is 3.98. The summed E-state index contributed by atoms with van der Waals surface area (Å²) in [5.74, 6) is -0.0315. The highest BCUT2D eigenvalue weighted by atomic mass is 79.9. The lowest BCUT2D eigenvalue weighted by Gasteiger charge is -1.98. The van der Waals surface area contributed by atoms with Gasteiger partial charge in [-0.2, -0.15) is 0 Å². The molecular weight excluding hydrogens is 258 g/mol. The van der Waals surface area contributed by atoms with Gasteiger partial charge in [-0.25, -0.2) is 9.79 Å². The van der Waals surface area contributed by atoms with E-state index in [0.717, 1.165) is 10.0 Å². The molecule has 0 bridgehead atoms. The van der Waals surface area contributed by atoms with Crippen LogP contribution in [0.4, 0.5) is 0 Å². The second-order valence-electron chi connectivity index (χ2n) is 2.99. The van der Waals surface area contributed by atoms with E-state index >= 15 is 0 Å². The molecule has 0 radical (unpaired) electrons. The lowest BCUT2D eigenvalue weighted by molar-refractivity contribution is -0.130. The van der Waals surface area contributed by atoms with Gasteiger partial charge in [0.15, 0.2) is 0 Å². The lowest BCUT2D eigenvalue weighted by atomic mass is 10.2. The maximum atomic E-state index is 11.2. The molecule has 1 aliphatic heterocycles. The fourth-order valence-electron chi connectivity index (χ4n) is 1.22. The van der Waals surface area contributed by atoms with E-state index < -0.39 is 5.97 Å². The van der Waals surface area contributed by atoms with E-state index in [0.29, 0.717) is 11.6 Å². The van der Waals surface area contributed by atoms with Crippen LogP contribution < -0.4 is 0 Å². The average Bonchev–Trinajstić information content (AvgIpc) is 2.61. The van der Waals surface area contributed by atoms with E-state index in [4.69, 9.17) is 4.74 Å². The van der Waals surface area contributed by atoms with E-state index in [1.807, 2.05) is 24.3 Å². The van der Waals surface area contributed by atoms with Crippen LogP contribution in [0.5, 0.6) is 0 Å². The predicted octanol–water partition coefficient (Wildman–Crippen LogP) is 2.66. The van der Waals surface area contributed by atoms with Gasteiger partial charge in [-0.05, 0) is 31.2 Å². The summed E-state index contributed by atoms with van der Waals surface area (Å²) in [7, 11) is 0. The molecule has 0 aromatic heterocycles. The highest BCUT2D eigenvalue weighted by Gasteiger charge is 2.22. The van der Waals surface area contributed by atoms with Crippen LogP contribution in [0.3, 0.4) is 0 Å². The van der Waals surface area contributed by atoms with Gasteiger partial charge in [-0.3, -0.25) is 0 Å². The van der Waals surface area contributed by atoms with Crippen LogP contribution >= 0.6 is 15.9 Å². The van der Waals surface area contributed by atoms with Gasteiger partial charge in [0.1, 0.15) is 5.70 Å². The summed E-state index contributed by atoms with van der Waals surface area (Å²) >= 11 is 3.33. The van der Waals surface area contributed by atoms with Crippen molar-refractivity contribution >= 4 is 27.8 Å². The molecule has 15 heavy (non-hydrogen) atoms. The Kier molecular flexibility index (Phi) is 2.68. The van der Waals surface area contributed by atoms with Gasteiger partial charge >= 0.3 is 5.97 Å². The number of halogens is 1. The number of carbonyl (C=O) groups excluding carboxylic acids is 1. The Labute approximate surface area is 95.6 Å². The molecule has 1 heterocycles. The van der Waals surface area contributed by atoms with E-state index in [2.05, 4.69) is 20.9 Å². The zero-order valence-electron chi connectivity index (χ0n) is 8.03. The van der Waals surface area contributed by atoms with Crippen LogP contribution in [0.15, 0.2) is 45.5 Å². The molecule has 0 atom stereocenters. The van der Waals surface area contributed by atoms with Crippen molar-refractivity contribution in [1.29, 1.82) is 0 Å². The molecule has 1 aromatic carbocycles. The molecule has 0 aliphatic carbocycles. The van der Waals surface area contributed by atoms with E-state index in [-0.39, 0.29) is 0 Å². The first-order chi connectivity index (χ1) is 7.20. The standard InChI is InChI=1S/C11H8BrNO2/c1-2-9-11(14)15-10(13-9)7-3-5-8(12)6-4-7/h2-6H,1H3/b9-2+. The Morgan fingerprint density at radius 2 is 2.00 bits per heavy atom. The first kappa shape index (κ1) is 10.1. The quantitative estimate of drug-likeness (QED) is 0.579. The Bertz CT molecular complexity index is 460. The predicted molar refractivity (Wildman–Crippen MR) is 60.5 cm³/mol. The molecule has 0 unspecified atom stereocenters. The Hall–Kier alpha value is -1.42. The van der Waals surface area contributed by atoms with Crippen molar-refractivity contribution in [3.8, 4) is 0 Å². The molecule has 1 aliphatic rings. The lowest BCUT2D eigenvalue weighted by Crippen LogP contribution is -2.04. The van der Waals surface area contributed by atoms with Crippen molar-refractivity contribution in [1.82, 2.24) is 0 Å². The SMILES string of the molecule is C/C=C1/N=C(c2ccc(Br)cc2)OC1=O. The summed E-state index contributed by atoms with van der Waals surface area (Å²) < 4.78 is 5.99. The van der Waals surface area contributed by atoms with Crippen molar-refractivity contribution in [2.24, 2.45) is 4.99 Å². The van der Waals surface area contributed by atoms with Crippen molar-refractivity contribution in [3.63, 3.8) is 0 Å².